The summed E-state index contributed by atoms with van der Waals surface area (Å²) in [4.78, 5) is 0. The van der Waals surface area contributed by atoms with E-state index in [9.17, 15) is 0 Å². The van der Waals surface area contributed by atoms with E-state index < -0.39 is 0 Å². The first-order valence-corrected chi connectivity index (χ1v) is 6.30. The second-order valence-corrected chi connectivity index (χ2v) is 5.05. The number of hydrazone groups is 1. The van der Waals surface area contributed by atoms with Gasteiger partial charge >= 0.3 is 0 Å². The van der Waals surface area contributed by atoms with Crippen LogP contribution in [0.25, 0.3) is 11.3 Å². The highest BCUT2D eigenvalue weighted by atomic mass is 127. The second-order valence-electron chi connectivity index (χ2n) is 3.80. The summed E-state index contributed by atoms with van der Waals surface area (Å²) in [5, 5.41) is 5.86. The fourth-order valence-electron chi connectivity index (χ4n) is 1.36. The van der Waals surface area contributed by atoms with Gasteiger partial charge in [-0.05, 0) is 46.9 Å². The minimum atomic E-state index is 0.757. The van der Waals surface area contributed by atoms with E-state index in [1.807, 2.05) is 38.4 Å². The summed E-state index contributed by atoms with van der Waals surface area (Å²) in [7, 11) is 3.75. The number of halogens is 1. The minimum Gasteiger partial charge on any atom is -0.455 e. The van der Waals surface area contributed by atoms with Crippen molar-refractivity contribution in [1.29, 1.82) is 0 Å². The molecule has 0 amide bonds. The molecule has 0 saturated heterocycles. The molecule has 2 rings (SSSR count). The van der Waals surface area contributed by atoms with E-state index in [0.717, 1.165) is 17.1 Å². The summed E-state index contributed by atoms with van der Waals surface area (Å²) in [6.45, 7) is 0. The summed E-state index contributed by atoms with van der Waals surface area (Å²) in [5.74, 6) is 1.62. The van der Waals surface area contributed by atoms with Crippen molar-refractivity contribution >= 4 is 28.8 Å². The third-order valence-electron chi connectivity index (χ3n) is 2.17. The van der Waals surface area contributed by atoms with E-state index in [1.165, 1.54) is 3.57 Å². The Bertz CT molecular complexity index is 514. The molecule has 1 aromatic heterocycles. The van der Waals surface area contributed by atoms with Crippen molar-refractivity contribution < 1.29 is 4.42 Å². The van der Waals surface area contributed by atoms with Crippen LogP contribution in [0.3, 0.4) is 0 Å². The smallest absolute Gasteiger partial charge is 0.147 e. The van der Waals surface area contributed by atoms with Gasteiger partial charge in [-0.15, -0.1) is 0 Å². The van der Waals surface area contributed by atoms with E-state index in [1.54, 1.807) is 11.2 Å². The molecular formula is C13H13IN2O. The fourth-order valence-corrected chi connectivity index (χ4v) is 1.72. The molecule has 0 saturated carbocycles. The van der Waals surface area contributed by atoms with Gasteiger partial charge < -0.3 is 9.43 Å². The van der Waals surface area contributed by atoms with Crippen LogP contribution in [-0.2, 0) is 0 Å². The molecule has 0 aliphatic rings. The zero-order chi connectivity index (χ0) is 12.3. The van der Waals surface area contributed by atoms with Crippen molar-refractivity contribution in [2.24, 2.45) is 5.10 Å². The number of benzene rings is 1. The molecule has 4 heteroatoms. The average Bonchev–Trinajstić information content (AvgIpc) is 2.76. The van der Waals surface area contributed by atoms with Gasteiger partial charge in [0.25, 0.3) is 0 Å². The highest BCUT2D eigenvalue weighted by Gasteiger charge is 2.02. The lowest BCUT2D eigenvalue weighted by Gasteiger charge is -2.00. The monoisotopic (exact) mass is 340 g/mol. The van der Waals surface area contributed by atoms with Crippen molar-refractivity contribution in [3.63, 3.8) is 0 Å². The lowest BCUT2D eigenvalue weighted by molar-refractivity contribution is 0.438. The number of nitrogens with zero attached hydrogens (tertiary/aromatic N) is 2. The Morgan fingerprint density at radius 2 is 1.82 bits per heavy atom. The average molecular weight is 340 g/mol. The lowest BCUT2D eigenvalue weighted by Crippen LogP contribution is -2.01. The zero-order valence-corrected chi connectivity index (χ0v) is 11.9. The summed E-state index contributed by atoms with van der Waals surface area (Å²) in [6.07, 6.45) is 1.70. The van der Waals surface area contributed by atoms with Crippen LogP contribution >= 0.6 is 22.6 Å². The second kappa shape index (κ2) is 5.35. The van der Waals surface area contributed by atoms with Gasteiger partial charge in [-0.1, -0.05) is 12.1 Å². The first-order chi connectivity index (χ1) is 8.15. The first-order valence-electron chi connectivity index (χ1n) is 5.22. The Morgan fingerprint density at radius 1 is 1.12 bits per heavy atom. The summed E-state index contributed by atoms with van der Waals surface area (Å²) in [5.41, 5.74) is 1.08. The molecule has 0 N–H and O–H groups in total. The van der Waals surface area contributed by atoms with Crippen LogP contribution in [0.1, 0.15) is 5.76 Å². The Hall–Kier alpha value is -1.30. The van der Waals surface area contributed by atoms with Gasteiger partial charge in [-0.2, -0.15) is 5.10 Å². The number of furan rings is 1. The summed E-state index contributed by atoms with van der Waals surface area (Å²) in [6, 6.07) is 12.1. The molecule has 0 spiro atoms. The molecular weight excluding hydrogens is 327 g/mol. The normalized spacial score (nSPS) is 11.0. The topological polar surface area (TPSA) is 28.7 Å². The largest absolute Gasteiger partial charge is 0.455 e. The molecule has 17 heavy (non-hydrogen) atoms. The van der Waals surface area contributed by atoms with E-state index in [4.69, 9.17) is 4.42 Å². The van der Waals surface area contributed by atoms with Crippen molar-refractivity contribution in [3.05, 3.63) is 45.7 Å². The number of rotatable bonds is 3. The van der Waals surface area contributed by atoms with E-state index in [2.05, 4.69) is 39.8 Å². The van der Waals surface area contributed by atoms with Crippen LogP contribution in [0.5, 0.6) is 0 Å². The molecule has 0 bridgehead atoms. The van der Waals surface area contributed by atoms with Crippen LogP contribution in [0.4, 0.5) is 0 Å². The van der Waals surface area contributed by atoms with Crippen LogP contribution in [0.2, 0.25) is 0 Å². The Morgan fingerprint density at radius 3 is 2.47 bits per heavy atom. The van der Waals surface area contributed by atoms with Gasteiger partial charge in [-0.3, -0.25) is 0 Å². The van der Waals surface area contributed by atoms with Gasteiger partial charge in [-0.25, -0.2) is 0 Å². The molecule has 0 fully saturated rings. The summed E-state index contributed by atoms with van der Waals surface area (Å²) >= 11 is 2.28. The van der Waals surface area contributed by atoms with Gasteiger partial charge in [0.05, 0.1) is 6.21 Å². The standard InChI is InChI=1S/C13H13IN2O/c1-16(2)15-9-12-7-8-13(17-12)10-3-5-11(14)6-4-10/h3-9H,1-2H3. The molecule has 2 aromatic rings. The molecule has 88 valence electrons. The molecule has 0 atom stereocenters. The van der Waals surface area contributed by atoms with E-state index >= 15 is 0 Å². The van der Waals surface area contributed by atoms with Gasteiger partial charge in [0, 0.05) is 23.2 Å². The molecule has 0 radical (unpaired) electrons. The maximum absolute atomic E-state index is 5.68. The fraction of sp³-hybridized carbons (Fsp3) is 0.154. The van der Waals surface area contributed by atoms with Gasteiger partial charge in [0.1, 0.15) is 11.5 Å². The first kappa shape index (κ1) is 12.2. The summed E-state index contributed by atoms with van der Waals surface area (Å²) < 4.78 is 6.90. The molecule has 1 heterocycles. The Kier molecular flexibility index (Phi) is 3.83. The van der Waals surface area contributed by atoms with Crippen molar-refractivity contribution in [2.45, 2.75) is 0 Å². The minimum absolute atomic E-state index is 0.757. The highest BCUT2D eigenvalue weighted by molar-refractivity contribution is 14.1. The van der Waals surface area contributed by atoms with Gasteiger partial charge in [0.15, 0.2) is 0 Å². The van der Waals surface area contributed by atoms with Crippen LogP contribution in [0, 0.1) is 3.57 Å². The lowest BCUT2D eigenvalue weighted by atomic mass is 10.2. The molecule has 0 unspecified atom stereocenters. The van der Waals surface area contributed by atoms with Crippen LogP contribution in [-0.4, -0.2) is 25.3 Å². The van der Waals surface area contributed by atoms with Crippen LogP contribution in [0.15, 0.2) is 45.9 Å². The predicted molar refractivity (Wildman–Crippen MR) is 78.1 cm³/mol. The number of hydrogen-bond donors (Lipinski definition) is 0. The molecule has 1 aromatic carbocycles. The Labute approximate surface area is 114 Å². The highest BCUT2D eigenvalue weighted by Crippen LogP contribution is 2.22. The van der Waals surface area contributed by atoms with Crippen molar-refractivity contribution in [3.8, 4) is 11.3 Å². The molecule has 0 aliphatic heterocycles. The SMILES string of the molecule is CN(C)N=Cc1ccc(-c2ccc(I)cc2)o1. The van der Waals surface area contributed by atoms with Crippen molar-refractivity contribution in [2.75, 3.05) is 14.1 Å². The third-order valence-corrected chi connectivity index (χ3v) is 2.89. The van der Waals surface area contributed by atoms with Crippen molar-refractivity contribution in [1.82, 2.24) is 5.01 Å². The maximum Gasteiger partial charge on any atom is 0.147 e. The third kappa shape index (κ3) is 3.33. The quantitative estimate of drug-likeness (QED) is 0.487. The zero-order valence-electron chi connectivity index (χ0n) is 9.72. The van der Waals surface area contributed by atoms with E-state index in [0.29, 0.717) is 0 Å². The predicted octanol–water partition coefficient (Wildman–Crippen LogP) is 3.45. The van der Waals surface area contributed by atoms with Crippen LogP contribution < -0.4 is 0 Å². The Balaban J connectivity index is 2.21. The van der Waals surface area contributed by atoms with Gasteiger partial charge in [0.2, 0.25) is 0 Å². The molecule has 0 aliphatic carbocycles. The van der Waals surface area contributed by atoms with E-state index in [-0.39, 0.29) is 0 Å². The molecule has 3 nitrogen and oxygen atoms in total. The number of hydrogen-bond acceptors (Lipinski definition) is 3. The maximum atomic E-state index is 5.68.